The van der Waals surface area contributed by atoms with E-state index in [4.69, 9.17) is 18.0 Å². The largest absolute Gasteiger partial charge is 0.393 e. The second-order valence-electron chi connectivity index (χ2n) is 4.73. The van der Waals surface area contributed by atoms with Crippen LogP contribution in [0.2, 0.25) is 0 Å². The summed E-state index contributed by atoms with van der Waals surface area (Å²) in [6.07, 6.45) is 4.43. The van der Waals surface area contributed by atoms with E-state index in [-0.39, 0.29) is 6.04 Å². The van der Waals surface area contributed by atoms with E-state index in [9.17, 15) is 0 Å². The summed E-state index contributed by atoms with van der Waals surface area (Å²) in [4.78, 5) is 6.15. The van der Waals surface area contributed by atoms with Gasteiger partial charge in [-0.1, -0.05) is 48.6 Å². The molecule has 2 heterocycles. The van der Waals surface area contributed by atoms with E-state index in [1.807, 2.05) is 36.7 Å². The maximum absolute atomic E-state index is 5.81. The van der Waals surface area contributed by atoms with Crippen molar-refractivity contribution >= 4 is 28.5 Å². The quantitative estimate of drug-likeness (QED) is 0.727. The highest BCUT2D eigenvalue weighted by molar-refractivity contribution is 7.80. The Labute approximate surface area is 133 Å². The molecule has 3 rings (SSSR count). The zero-order chi connectivity index (χ0) is 14.7. The Hall–Kier alpha value is -1.98. The van der Waals surface area contributed by atoms with Gasteiger partial charge < -0.3 is 10.3 Å². The van der Waals surface area contributed by atoms with Gasteiger partial charge in [0.1, 0.15) is 0 Å². The first kappa shape index (κ1) is 14.0. The highest BCUT2D eigenvalue weighted by atomic mass is 32.1. The van der Waals surface area contributed by atoms with Gasteiger partial charge in [-0.15, -0.1) is 11.3 Å². The summed E-state index contributed by atoms with van der Waals surface area (Å²) in [5.41, 5.74) is 6.99. The van der Waals surface area contributed by atoms with Crippen LogP contribution in [0, 0.1) is 0 Å². The van der Waals surface area contributed by atoms with E-state index < -0.39 is 0 Å². The number of benzene rings is 1. The summed E-state index contributed by atoms with van der Waals surface area (Å²) in [6.45, 7) is 0. The lowest BCUT2D eigenvalue weighted by Crippen LogP contribution is -2.19. The molecule has 5 heteroatoms. The summed E-state index contributed by atoms with van der Waals surface area (Å²) < 4.78 is 2.15. The number of hydrogen-bond donors (Lipinski definition) is 1. The summed E-state index contributed by atoms with van der Waals surface area (Å²) in [5, 5.41) is 2.06. The van der Waals surface area contributed by atoms with Crippen LogP contribution in [0.3, 0.4) is 0 Å². The van der Waals surface area contributed by atoms with Gasteiger partial charge in [0, 0.05) is 18.8 Å². The third-order valence-corrected chi connectivity index (χ3v) is 4.36. The Morgan fingerprint density at radius 3 is 2.71 bits per heavy atom. The second kappa shape index (κ2) is 6.20. The number of imidazole rings is 1. The van der Waals surface area contributed by atoms with Crippen molar-refractivity contribution in [1.82, 2.24) is 9.55 Å². The van der Waals surface area contributed by atoms with Crippen molar-refractivity contribution in [3.63, 3.8) is 0 Å². The van der Waals surface area contributed by atoms with Gasteiger partial charge in [-0.2, -0.15) is 0 Å². The van der Waals surface area contributed by atoms with Crippen LogP contribution in [0.25, 0.3) is 10.7 Å². The van der Waals surface area contributed by atoms with Crippen LogP contribution in [0.15, 0.2) is 60.2 Å². The number of nitrogens with two attached hydrogens (primary N) is 1. The molecule has 3 aromatic rings. The zero-order valence-corrected chi connectivity index (χ0v) is 13.0. The Morgan fingerprint density at radius 2 is 2.05 bits per heavy atom. The Kier molecular flexibility index (Phi) is 4.13. The average Bonchev–Trinajstić information content (AvgIpc) is 3.16. The van der Waals surface area contributed by atoms with E-state index >= 15 is 0 Å². The highest BCUT2D eigenvalue weighted by Gasteiger charge is 2.19. The van der Waals surface area contributed by atoms with Gasteiger partial charge in [0.25, 0.3) is 0 Å². The summed E-state index contributed by atoms with van der Waals surface area (Å²) >= 11 is 6.81. The van der Waals surface area contributed by atoms with Gasteiger partial charge >= 0.3 is 0 Å². The van der Waals surface area contributed by atoms with Crippen LogP contribution in [0.4, 0.5) is 0 Å². The van der Waals surface area contributed by atoms with Crippen LogP contribution >= 0.6 is 23.6 Å². The monoisotopic (exact) mass is 313 g/mol. The SMILES string of the molecule is NC(=S)CC(c1ccccc1)n1ccnc1-c1cccs1. The van der Waals surface area contributed by atoms with Gasteiger partial charge in [0.15, 0.2) is 5.82 Å². The molecule has 0 aliphatic rings. The number of hydrogen-bond acceptors (Lipinski definition) is 3. The number of nitrogens with zero attached hydrogens (tertiary/aromatic N) is 2. The van der Waals surface area contributed by atoms with Crippen LogP contribution in [0.1, 0.15) is 18.0 Å². The van der Waals surface area contributed by atoms with E-state index in [0.717, 1.165) is 10.7 Å². The predicted molar refractivity (Wildman–Crippen MR) is 91.5 cm³/mol. The lowest BCUT2D eigenvalue weighted by molar-refractivity contribution is 0.613. The molecule has 0 amide bonds. The van der Waals surface area contributed by atoms with Gasteiger partial charge in [-0.25, -0.2) is 4.98 Å². The van der Waals surface area contributed by atoms with E-state index in [2.05, 4.69) is 33.1 Å². The molecule has 106 valence electrons. The first-order valence-corrected chi connectivity index (χ1v) is 7.94. The summed E-state index contributed by atoms with van der Waals surface area (Å²) in [7, 11) is 0. The number of thiocarbonyl (C=S) groups is 1. The minimum atomic E-state index is 0.0725. The predicted octanol–water partition coefficient (Wildman–Crippen LogP) is 3.88. The lowest BCUT2D eigenvalue weighted by Gasteiger charge is -2.20. The van der Waals surface area contributed by atoms with Crippen LogP contribution in [-0.2, 0) is 0 Å². The van der Waals surface area contributed by atoms with E-state index in [1.54, 1.807) is 11.3 Å². The maximum Gasteiger partial charge on any atom is 0.150 e. The maximum atomic E-state index is 5.81. The fourth-order valence-electron chi connectivity index (χ4n) is 2.40. The first-order chi connectivity index (χ1) is 10.3. The van der Waals surface area contributed by atoms with Crippen LogP contribution < -0.4 is 5.73 Å². The lowest BCUT2D eigenvalue weighted by atomic mass is 10.0. The molecule has 0 saturated heterocycles. The number of aromatic nitrogens is 2. The molecule has 0 aliphatic heterocycles. The van der Waals surface area contributed by atoms with Gasteiger partial charge in [0.05, 0.1) is 15.9 Å². The molecule has 0 spiro atoms. The molecular weight excluding hydrogens is 298 g/mol. The molecule has 0 aliphatic carbocycles. The molecule has 2 N–H and O–H groups in total. The normalized spacial score (nSPS) is 12.2. The van der Waals surface area contributed by atoms with Crippen LogP contribution in [0.5, 0.6) is 0 Å². The van der Waals surface area contributed by atoms with E-state index in [1.165, 1.54) is 5.56 Å². The molecule has 3 nitrogen and oxygen atoms in total. The minimum absolute atomic E-state index is 0.0725. The third kappa shape index (κ3) is 3.04. The fourth-order valence-corrected chi connectivity index (χ4v) is 3.29. The average molecular weight is 313 g/mol. The molecule has 0 fully saturated rings. The standard InChI is InChI=1S/C16H15N3S2/c17-15(20)11-13(12-5-2-1-3-6-12)19-9-8-18-16(19)14-7-4-10-21-14/h1-10,13H,11H2,(H2,17,20). The minimum Gasteiger partial charge on any atom is -0.393 e. The Balaban J connectivity index is 2.06. The van der Waals surface area contributed by atoms with Crippen molar-refractivity contribution < 1.29 is 0 Å². The summed E-state index contributed by atoms with van der Waals surface area (Å²) in [6, 6.07) is 14.4. The smallest absolute Gasteiger partial charge is 0.150 e. The molecule has 1 aromatic carbocycles. The van der Waals surface area contributed by atoms with Crippen molar-refractivity contribution in [3.05, 3.63) is 65.8 Å². The molecule has 0 bridgehead atoms. The van der Waals surface area contributed by atoms with Crippen molar-refractivity contribution in [2.45, 2.75) is 12.5 Å². The molecule has 0 radical (unpaired) electrons. The Morgan fingerprint density at radius 1 is 1.24 bits per heavy atom. The first-order valence-electron chi connectivity index (χ1n) is 6.65. The highest BCUT2D eigenvalue weighted by Crippen LogP contribution is 2.30. The number of thiophene rings is 1. The molecule has 2 aromatic heterocycles. The van der Waals surface area contributed by atoms with Gasteiger partial charge in [0.2, 0.25) is 0 Å². The third-order valence-electron chi connectivity index (χ3n) is 3.32. The summed E-state index contributed by atoms with van der Waals surface area (Å²) in [5.74, 6) is 0.954. The molecule has 21 heavy (non-hydrogen) atoms. The van der Waals surface area contributed by atoms with Gasteiger partial charge in [-0.05, 0) is 17.0 Å². The molecular formula is C16H15N3S2. The Bertz CT molecular complexity index is 717. The van der Waals surface area contributed by atoms with Crippen molar-refractivity contribution in [2.75, 3.05) is 0 Å². The zero-order valence-electron chi connectivity index (χ0n) is 11.3. The van der Waals surface area contributed by atoms with Crippen molar-refractivity contribution in [2.24, 2.45) is 5.73 Å². The molecule has 1 unspecified atom stereocenters. The van der Waals surface area contributed by atoms with Crippen LogP contribution in [-0.4, -0.2) is 14.5 Å². The topological polar surface area (TPSA) is 43.8 Å². The van der Waals surface area contributed by atoms with Crippen molar-refractivity contribution in [1.29, 1.82) is 0 Å². The van der Waals surface area contributed by atoms with E-state index in [0.29, 0.717) is 11.4 Å². The molecule has 0 saturated carbocycles. The number of rotatable bonds is 5. The van der Waals surface area contributed by atoms with Gasteiger partial charge in [-0.3, -0.25) is 0 Å². The fraction of sp³-hybridized carbons (Fsp3) is 0.125. The second-order valence-corrected chi connectivity index (χ2v) is 6.20. The van der Waals surface area contributed by atoms with Crippen molar-refractivity contribution in [3.8, 4) is 10.7 Å². The molecule has 1 atom stereocenters.